The molecule has 0 spiro atoms. The summed E-state index contributed by atoms with van der Waals surface area (Å²) in [5.41, 5.74) is 0.442. The molecule has 0 aliphatic heterocycles. The van der Waals surface area contributed by atoms with Crippen molar-refractivity contribution in [3.63, 3.8) is 0 Å². The van der Waals surface area contributed by atoms with Gasteiger partial charge < -0.3 is 20.4 Å². The van der Waals surface area contributed by atoms with Gasteiger partial charge in [-0.2, -0.15) is 5.10 Å². The summed E-state index contributed by atoms with van der Waals surface area (Å²) >= 11 is 0. The summed E-state index contributed by atoms with van der Waals surface area (Å²) in [6.45, 7) is 5.13. The van der Waals surface area contributed by atoms with Crippen LogP contribution in [0.3, 0.4) is 0 Å². The molecule has 0 aliphatic carbocycles. The van der Waals surface area contributed by atoms with Gasteiger partial charge in [0.2, 0.25) is 5.91 Å². The number of fused-ring (bicyclic) bond motifs is 2. The normalized spacial score (nSPS) is 11.6. The summed E-state index contributed by atoms with van der Waals surface area (Å²) in [5, 5.41) is 11.6. The zero-order valence-electron chi connectivity index (χ0n) is 20.0. The van der Waals surface area contributed by atoms with E-state index in [0.717, 1.165) is 16.8 Å². The van der Waals surface area contributed by atoms with Gasteiger partial charge in [-0.05, 0) is 38.5 Å². The fourth-order valence-corrected chi connectivity index (χ4v) is 3.48. The first kappa shape index (κ1) is 24.6. The van der Waals surface area contributed by atoms with Crippen LogP contribution < -0.4 is 21.7 Å². The third kappa shape index (κ3) is 5.09. The zero-order valence-corrected chi connectivity index (χ0v) is 20.0. The summed E-state index contributed by atoms with van der Waals surface area (Å²) < 4.78 is 21.6. The first-order valence-electron chi connectivity index (χ1n) is 10.9. The van der Waals surface area contributed by atoms with Gasteiger partial charge in [-0.15, -0.1) is 0 Å². The fourth-order valence-electron chi connectivity index (χ4n) is 3.48. The van der Waals surface area contributed by atoms with E-state index in [1.54, 1.807) is 46.0 Å². The third-order valence-corrected chi connectivity index (χ3v) is 5.13. The molecule has 0 atom stereocenters. The third-order valence-electron chi connectivity index (χ3n) is 5.13. The van der Waals surface area contributed by atoms with Crippen molar-refractivity contribution < 1.29 is 23.2 Å². The molecule has 13 heteroatoms. The Labute approximate surface area is 203 Å². The second-order valence-electron chi connectivity index (χ2n) is 9.15. The van der Waals surface area contributed by atoms with Gasteiger partial charge in [0.1, 0.15) is 11.4 Å². The number of aryl methyl sites for hydroxylation is 1. The summed E-state index contributed by atoms with van der Waals surface area (Å²) in [6, 6.07) is 6.15. The summed E-state index contributed by atoms with van der Waals surface area (Å²) in [5.74, 6) is -3.16. The first-order chi connectivity index (χ1) is 16.9. The lowest BCUT2D eigenvalue weighted by Crippen LogP contribution is -2.46. The zero-order chi connectivity index (χ0) is 26.2. The van der Waals surface area contributed by atoms with E-state index in [2.05, 4.69) is 26.0 Å². The van der Waals surface area contributed by atoms with E-state index >= 15 is 0 Å². The molecule has 4 rings (SSSR count). The fraction of sp³-hybridized carbons (Fsp3) is 0.304. The van der Waals surface area contributed by atoms with Crippen LogP contribution >= 0.6 is 0 Å². The predicted octanol–water partition coefficient (Wildman–Crippen LogP) is 0.888. The maximum absolute atomic E-state index is 14.3. The molecule has 12 nitrogen and oxygen atoms in total. The largest absolute Gasteiger partial charge is 0.419 e. The van der Waals surface area contributed by atoms with E-state index < -0.39 is 34.8 Å². The Morgan fingerprint density at radius 2 is 1.86 bits per heavy atom. The molecule has 188 valence electrons. The van der Waals surface area contributed by atoms with Gasteiger partial charge in [0, 0.05) is 25.2 Å². The van der Waals surface area contributed by atoms with Crippen molar-refractivity contribution in [2.24, 2.45) is 7.05 Å². The van der Waals surface area contributed by atoms with Crippen LogP contribution in [0, 0.1) is 5.82 Å². The number of aromatic nitrogens is 4. The second kappa shape index (κ2) is 9.24. The number of hydrogen-bond donors (Lipinski definition) is 3. The van der Waals surface area contributed by atoms with E-state index in [1.807, 2.05) is 0 Å². The minimum atomic E-state index is -0.824. The Morgan fingerprint density at radius 3 is 2.58 bits per heavy atom. The Morgan fingerprint density at radius 1 is 1.11 bits per heavy atom. The Bertz CT molecular complexity index is 1560. The van der Waals surface area contributed by atoms with Crippen molar-refractivity contribution >= 4 is 34.5 Å². The van der Waals surface area contributed by atoms with Gasteiger partial charge in [-0.3, -0.25) is 19.0 Å². The van der Waals surface area contributed by atoms with Crippen molar-refractivity contribution in [1.82, 2.24) is 35.1 Å². The van der Waals surface area contributed by atoms with E-state index in [9.17, 15) is 23.6 Å². The SMILES string of the molecule is Cn1c(=O)oc2ccc(CNC(=O)c3cc(C(=O)NCC(=O)NC(C)(C)C)n4ncc(F)c4n3)cc21. The van der Waals surface area contributed by atoms with Crippen LogP contribution in [0.25, 0.3) is 16.7 Å². The van der Waals surface area contributed by atoms with Crippen LogP contribution in [0.5, 0.6) is 0 Å². The van der Waals surface area contributed by atoms with Gasteiger partial charge in [0.05, 0.1) is 18.3 Å². The minimum absolute atomic E-state index is 0.0667. The van der Waals surface area contributed by atoms with Gasteiger partial charge in [0.15, 0.2) is 17.0 Å². The van der Waals surface area contributed by atoms with E-state index in [0.29, 0.717) is 16.7 Å². The number of oxazole rings is 1. The number of amides is 3. The molecule has 3 aromatic heterocycles. The predicted molar refractivity (Wildman–Crippen MR) is 126 cm³/mol. The Balaban J connectivity index is 1.53. The van der Waals surface area contributed by atoms with E-state index in [1.165, 1.54) is 4.57 Å². The molecule has 36 heavy (non-hydrogen) atoms. The second-order valence-corrected chi connectivity index (χ2v) is 9.15. The number of hydrogen-bond acceptors (Lipinski definition) is 7. The number of halogens is 1. The molecule has 0 aliphatic rings. The number of carbonyl (C=O) groups is 3. The highest BCUT2D eigenvalue weighted by Crippen LogP contribution is 2.15. The van der Waals surface area contributed by atoms with Gasteiger partial charge in [0.25, 0.3) is 11.8 Å². The highest BCUT2D eigenvalue weighted by molar-refractivity contribution is 5.99. The van der Waals surface area contributed by atoms with Gasteiger partial charge >= 0.3 is 5.76 Å². The highest BCUT2D eigenvalue weighted by atomic mass is 19.1. The Hall–Kier alpha value is -4.55. The molecule has 3 N–H and O–H groups in total. The molecule has 0 unspecified atom stereocenters. The van der Waals surface area contributed by atoms with E-state index in [4.69, 9.17) is 4.42 Å². The average molecular weight is 497 g/mol. The monoisotopic (exact) mass is 497 g/mol. The molecular formula is C23H24FN7O5. The van der Waals surface area contributed by atoms with Crippen LogP contribution in [0.15, 0.2) is 39.7 Å². The van der Waals surface area contributed by atoms with Gasteiger partial charge in [-0.25, -0.2) is 18.7 Å². The molecule has 0 saturated carbocycles. The maximum atomic E-state index is 14.3. The maximum Gasteiger partial charge on any atom is 0.419 e. The number of nitrogens with zero attached hydrogens (tertiary/aromatic N) is 4. The number of carbonyl (C=O) groups excluding carboxylic acids is 3. The summed E-state index contributed by atoms with van der Waals surface area (Å²) in [7, 11) is 1.56. The lowest BCUT2D eigenvalue weighted by molar-refractivity contribution is -0.121. The smallest absolute Gasteiger partial charge is 0.408 e. The van der Waals surface area contributed by atoms with Gasteiger partial charge in [-0.1, -0.05) is 6.07 Å². The minimum Gasteiger partial charge on any atom is -0.408 e. The van der Waals surface area contributed by atoms with Crippen molar-refractivity contribution in [3.8, 4) is 0 Å². The highest BCUT2D eigenvalue weighted by Gasteiger charge is 2.21. The van der Waals surface area contributed by atoms with Crippen molar-refractivity contribution in [2.45, 2.75) is 32.9 Å². The van der Waals surface area contributed by atoms with E-state index in [-0.39, 0.29) is 30.1 Å². The topological polar surface area (TPSA) is 153 Å². The van der Waals surface area contributed by atoms with Crippen LogP contribution in [-0.2, 0) is 18.4 Å². The number of rotatable bonds is 6. The van der Waals surface area contributed by atoms with Crippen LogP contribution in [0.4, 0.5) is 4.39 Å². The number of benzene rings is 1. The van der Waals surface area contributed by atoms with Crippen LogP contribution in [-0.4, -0.2) is 49.0 Å². The van der Waals surface area contributed by atoms with Crippen molar-refractivity contribution in [1.29, 1.82) is 0 Å². The van der Waals surface area contributed by atoms with Crippen LogP contribution in [0.2, 0.25) is 0 Å². The Kier molecular flexibility index (Phi) is 6.31. The number of nitrogens with one attached hydrogen (secondary N) is 3. The molecule has 0 fully saturated rings. The molecule has 0 saturated heterocycles. The van der Waals surface area contributed by atoms with Crippen LogP contribution in [0.1, 0.15) is 47.3 Å². The summed E-state index contributed by atoms with van der Waals surface area (Å²) in [6.07, 6.45) is 0.873. The first-order valence-corrected chi connectivity index (χ1v) is 10.9. The van der Waals surface area contributed by atoms with Crippen molar-refractivity contribution in [3.05, 3.63) is 63.8 Å². The molecule has 3 amide bonds. The molecule has 0 radical (unpaired) electrons. The lowest BCUT2D eigenvalue weighted by atomic mass is 10.1. The molecule has 1 aromatic carbocycles. The average Bonchev–Trinajstić information content (AvgIpc) is 3.33. The quantitative estimate of drug-likeness (QED) is 0.358. The lowest BCUT2D eigenvalue weighted by Gasteiger charge is -2.20. The molecule has 3 heterocycles. The molecule has 0 bridgehead atoms. The standard InChI is InChI=1S/C23H24FN7O5/c1-23(2,3)29-18(32)11-26-21(34)16-8-14(28-19-13(24)10-27-31(16)19)20(33)25-9-12-5-6-17-15(7-12)30(4)22(35)36-17/h5-8,10H,9,11H2,1-4H3,(H,25,33)(H,26,34)(H,29,32). The molecule has 4 aromatic rings. The van der Waals surface area contributed by atoms with Crippen molar-refractivity contribution in [2.75, 3.05) is 6.54 Å². The summed E-state index contributed by atoms with van der Waals surface area (Å²) in [4.78, 5) is 53.3. The molecular weight excluding hydrogens is 473 g/mol.